The van der Waals surface area contributed by atoms with Crippen LogP contribution in [0.4, 0.5) is 5.82 Å². The first-order valence-electron chi connectivity index (χ1n) is 7.80. The summed E-state index contributed by atoms with van der Waals surface area (Å²) >= 11 is 1.63. The highest BCUT2D eigenvalue weighted by Crippen LogP contribution is 2.26. The number of fused-ring (bicyclic) bond motifs is 1. The van der Waals surface area contributed by atoms with Crippen molar-refractivity contribution in [3.63, 3.8) is 0 Å². The molecule has 0 bridgehead atoms. The summed E-state index contributed by atoms with van der Waals surface area (Å²) in [6.07, 6.45) is 0.892. The van der Waals surface area contributed by atoms with Gasteiger partial charge in [0.15, 0.2) is 11.5 Å². The number of aromatic nitrogens is 4. The van der Waals surface area contributed by atoms with Crippen molar-refractivity contribution in [1.82, 2.24) is 19.8 Å². The summed E-state index contributed by atoms with van der Waals surface area (Å²) in [7, 11) is 3.76. The molecule has 24 heavy (non-hydrogen) atoms. The monoisotopic (exact) mass is 345 g/mol. The lowest BCUT2D eigenvalue weighted by Crippen LogP contribution is -2.44. The van der Waals surface area contributed by atoms with E-state index in [-0.39, 0.29) is 5.60 Å². The molecular weight excluding hydrogens is 326 g/mol. The van der Waals surface area contributed by atoms with Gasteiger partial charge >= 0.3 is 0 Å². The van der Waals surface area contributed by atoms with E-state index in [9.17, 15) is 0 Å². The van der Waals surface area contributed by atoms with Crippen LogP contribution in [0.15, 0.2) is 29.0 Å². The fraction of sp³-hybridized carbons (Fsp3) is 0.438. The van der Waals surface area contributed by atoms with Crippen molar-refractivity contribution in [2.24, 2.45) is 0 Å². The second-order valence-electron chi connectivity index (χ2n) is 6.04. The number of anilines is 1. The maximum atomic E-state index is 5.72. The Bertz CT molecular complexity index is 826. The number of ether oxygens (including phenoxy) is 2. The molecule has 4 heterocycles. The van der Waals surface area contributed by atoms with E-state index in [1.807, 2.05) is 36.0 Å². The molecule has 0 saturated carbocycles. The Morgan fingerprint density at radius 3 is 3.00 bits per heavy atom. The molecule has 1 atom stereocenters. The molecule has 126 valence electrons. The predicted octanol–water partition coefficient (Wildman–Crippen LogP) is 2.09. The fourth-order valence-corrected chi connectivity index (χ4v) is 3.64. The van der Waals surface area contributed by atoms with E-state index in [4.69, 9.17) is 14.6 Å². The molecule has 0 aromatic carbocycles. The van der Waals surface area contributed by atoms with Gasteiger partial charge in [-0.1, -0.05) is 0 Å². The van der Waals surface area contributed by atoms with E-state index in [1.165, 1.54) is 0 Å². The summed E-state index contributed by atoms with van der Waals surface area (Å²) < 4.78 is 13.0. The van der Waals surface area contributed by atoms with Crippen LogP contribution >= 0.6 is 11.3 Å². The van der Waals surface area contributed by atoms with E-state index >= 15 is 0 Å². The van der Waals surface area contributed by atoms with Crippen LogP contribution in [0.2, 0.25) is 0 Å². The molecule has 3 aromatic heterocycles. The number of methoxy groups -OCH3 is 1. The molecule has 4 rings (SSSR count). The fourth-order valence-electron chi connectivity index (χ4n) is 3.01. The van der Waals surface area contributed by atoms with Crippen molar-refractivity contribution in [3.05, 3.63) is 29.0 Å². The van der Waals surface area contributed by atoms with Crippen LogP contribution in [-0.4, -0.2) is 59.3 Å². The number of hydrogen-bond donors (Lipinski definition) is 0. The lowest BCUT2D eigenvalue weighted by Gasteiger charge is -2.31. The zero-order valence-electron chi connectivity index (χ0n) is 13.7. The predicted molar refractivity (Wildman–Crippen MR) is 92.5 cm³/mol. The van der Waals surface area contributed by atoms with E-state index in [0.29, 0.717) is 6.61 Å². The van der Waals surface area contributed by atoms with Crippen LogP contribution in [0.5, 0.6) is 0 Å². The Labute approximate surface area is 143 Å². The highest BCUT2D eigenvalue weighted by atomic mass is 32.1. The number of hydrogen-bond acceptors (Lipinski definition) is 7. The molecule has 1 aliphatic heterocycles. The zero-order chi connectivity index (χ0) is 16.6. The van der Waals surface area contributed by atoms with Gasteiger partial charge in [0.05, 0.1) is 13.2 Å². The summed E-state index contributed by atoms with van der Waals surface area (Å²) in [5, 5.41) is 17.3. The topological polar surface area (TPSA) is 64.8 Å². The van der Waals surface area contributed by atoms with Crippen molar-refractivity contribution < 1.29 is 9.47 Å². The van der Waals surface area contributed by atoms with Crippen molar-refractivity contribution >= 4 is 22.8 Å². The minimum atomic E-state index is -0.269. The normalized spacial score (nSPS) is 20.8. The molecule has 0 N–H and O–H groups in total. The third-order valence-corrected chi connectivity index (χ3v) is 5.13. The first-order chi connectivity index (χ1) is 11.7. The highest BCUT2D eigenvalue weighted by molar-refractivity contribution is 7.08. The summed E-state index contributed by atoms with van der Waals surface area (Å²) in [6.45, 7) is 2.07. The second-order valence-corrected chi connectivity index (χ2v) is 6.82. The van der Waals surface area contributed by atoms with Crippen LogP contribution < -0.4 is 4.90 Å². The summed E-state index contributed by atoms with van der Waals surface area (Å²) in [5.41, 5.74) is 1.49. The second kappa shape index (κ2) is 6.12. The Balaban J connectivity index is 1.65. The number of thiophene rings is 1. The van der Waals surface area contributed by atoms with E-state index < -0.39 is 0 Å². The van der Waals surface area contributed by atoms with Gasteiger partial charge in [-0.3, -0.25) is 0 Å². The lowest BCUT2D eigenvalue weighted by atomic mass is 10.0. The minimum Gasteiger partial charge on any atom is -0.378 e. The van der Waals surface area contributed by atoms with E-state index in [1.54, 1.807) is 23.0 Å². The molecule has 8 heteroatoms. The van der Waals surface area contributed by atoms with E-state index in [0.717, 1.165) is 42.4 Å². The first kappa shape index (κ1) is 15.5. The van der Waals surface area contributed by atoms with Gasteiger partial charge in [-0.2, -0.15) is 15.9 Å². The molecule has 3 aromatic rings. The molecular formula is C16H19N5O2S. The number of likely N-dealkylation sites (N-methyl/N-ethyl adjacent to an activating group) is 1. The highest BCUT2D eigenvalue weighted by Gasteiger charge is 2.36. The molecule has 7 nitrogen and oxygen atoms in total. The third kappa shape index (κ3) is 2.66. The molecule has 1 fully saturated rings. The van der Waals surface area contributed by atoms with Crippen LogP contribution in [-0.2, 0) is 9.47 Å². The van der Waals surface area contributed by atoms with Gasteiger partial charge in [-0.25, -0.2) is 0 Å². The van der Waals surface area contributed by atoms with E-state index in [2.05, 4.69) is 15.1 Å². The van der Waals surface area contributed by atoms with Gasteiger partial charge in [-0.15, -0.1) is 15.3 Å². The molecule has 0 amide bonds. The average molecular weight is 345 g/mol. The van der Waals surface area contributed by atoms with Crippen LogP contribution in [0.25, 0.3) is 17.0 Å². The van der Waals surface area contributed by atoms with Gasteiger partial charge in [0, 0.05) is 38.1 Å². The minimum absolute atomic E-state index is 0.269. The van der Waals surface area contributed by atoms with Gasteiger partial charge < -0.3 is 14.4 Å². The van der Waals surface area contributed by atoms with Gasteiger partial charge in [0.25, 0.3) is 0 Å². The quantitative estimate of drug-likeness (QED) is 0.705. The van der Waals surface area contributed by atoms with Crippen molar-refractivity contribution in [2.75, 3.05) is 38.8 Å². The Morgan fingerprint density at radius 2 is 2.29 bits per heavy atom. The molecule has 1 saturated heterocycles. The lowest BCUT2D eigenvalue weighted by molar-refractivity contribution is -0.0102. The van der Waals surface area contributed by atoms with Gasteiger partial charge in [0.1, 0.15) is 11.4 Å². The standard InChI is InChI=1S/C16H19N5O2S/c1-20(10-16(22-2)6-7-23-11-16)14-4-3-13-17-18-15(21(13)19-14)12-5-8-24-9-12/h3-5,8-9H,6-7,10-11H2,1-2H3. The summed E-state index contributed by atoms with van der Waals surface area (Å²) in [4.78, 5) is 2.09. The Kier molecular flexibility index (Phi) is 3.95. The Morgan fingerprint density at radius 1 is 1.38 bits per heavy atom. The smallest absolute Gasteiger partial charge is 0.186 e. The van der Waals surface area contributed by atoms with Crippen LogP contribution in [0, 0.1) is 0 Å². The first-order valence-corrected chi connectivity index (χ1v) is 8.74. The Hall–Kier alpha value is -2.03. The molecule has 1 unspecified atom stereocenters. The molecule has 1 aliphatic rings. The number of rotatable bonds is 5. The summed E-state index contributed by atoms with van der Waals surface area (Å²) in [5.74, 6) is 1.61. The zero-order valence-corrected chi connectivity index (χ0v) is 14.5. The molecule has 0 spiro atoms. The SMILES string of the molecule is COC1(CN(C)c2ccc3nnc(-c4ccsc4)n3n2)CCOC1. The average Bonchev–Trinajstić information content (AvgIpc) is 3.34. The summed E-state index contributed by atoms with van der Waals surface area (Å²) in [6, 6.07) is 5.92. The number of nitrogens with zero attached hydrogens (tertiary/aromatic N) is 5. The largest absolute Gasteiger partial charge is 0.378 e. The van der Waals surface area contributed by atoms with Gasteiger partial charge in [-0.05, 0) is 23.6 Å². The van der Waals surface area contributed by atoms with Gasteiger partial charge in [0.2, 0.25) is 0 Å². The third-order valence-electron chi connectivity index (χ3n) is 4.44. The molecule has 0 aliphatic carbocycles. The van der Waals surface area contributed by atoms with Crippen LogP contribution in [0.1, 0.15) is 6.42 Å². The van der Waals surface area contributed by atoms with Crippen molar-refractivity contribution in [2.45, 2.75) is 12.0 Å². The maximum absolute atomic E-state index is 5.72. The van der Waals surface area contributed by atoms with Crippen LogP contribution in [0.3, 0.4) is 0 Å². The molecule has 0 radical (unpaired) electrons. The van der Waals surface area contributed by atoms with Crippen molar-refractivity contribution in [3.8, 4) is 11.4 Å². The van der Waals surface area contributed by atoms with Crippen molar-refractivity contribution in [1.29, 1.82) is 0 Å². The maximum Gasteiger partial charge on any atom is 0.186 e.